The summed E-state index contributed by atoms with van der Waals surface area (Å²) in [4.78, 5) is 17.7. The van der Waals surface area contributed by atoms with Crippen molar-refractivity contribution in [2.24, 2.45) is 0 Å². The van der Waals surface area contributed by atoms with Crippen molar-refractivity contribution in [3.05, 3.63) is 82.2 Å². The van der Waals surface area contributed by atoms with Crippen LogP contribution in [-0.4, -0.2) is 24.7 Å². The summed E-state index contributed by atoms with van der Waals surface area (Å²) in [6, 6.07) is 5.84. The average Bonchev–Trinajstić information content (AvgIpc) is 3.05. The van der Waals surface area contributed by atoms with Gasteiger partial charge >= 0.3 is 0 Å². The van der Waals surface area contributed by atoms with Crippen LogP contribution in [-0.2, 0) is 4.87 Å². The molecule has 2 heterocycles. The fourth-order valence-corrected chi connectivity index (χ4v) is 3.44. The normalized spacial score (nSPS) is 22.6. The number of hydrogen-bond acceptors (Lipinski definition) is 4. The lowest BCUT2D eigenvalue weighted by Crippen LogP contribution is -2.31. The predicted molar refractivity (Wildman–Crippen MR) is 90.2 cm³/mol. The van der Waals surface area contributed by atoms with Gasteiger partial charge in [0.1, 0.15) is 12.1 Å². The molecule has 0 aliphatic heterocycles. The van der Waals surface area contributed by atoms with E-state index in [1.165, 1.54) is 18.5 Å². The Morgan fingerprint density at radius 3 is 3.00 bits per heavy atom. The first kappa shape index (κ1) is 15.6. The van der Waals surface area contributed by atoms with Crippen molar-refractivity contribution in [3.8, 4) is 5.88 Å². The van der Waals surface area contributed by atoms with Crippen molar-refractivity contribution >= 4 is 17.4 Å². The zero-order valence-electron chi connectivity index (χ0n) is 12.7. The minimum atomic E-state index is -1.24. The van der Waals surface area contributed by atoms with Crippen LogP contribution in [0.4, 0.5) is 4.39 Å². The van der Waals surface area contributed by atoms with Gasteiger partial charge in [-0.25, -0.2) is 4.39 Å². The van der Waals surface area contributed by atoms with Gasteiger partial charge in [0, 0.05) is 5.92 Å². The molecule has 2 unspecified atom stereocenters. The van der Waals surface area contributed by atoms with E-state index in [2.05, 4.69) is 15.1 Å². The Kier molecular flexibility index (Phi) is 3.47. The smallest absolute Gasteiger partial charge is 0.260 e. The second-order valence-electron chi connectivity index (χ2n) is 5.69. The molecule has 8 heteroatoms. The Hall–Kier alpha value is -2.93. The lowest BCUT2D eigenvalue weighted by Gasteiger charge is -2.33. The second kappa shape index (κ2) is 5.56. The maximum Gasteiger partial charge on any atom is 0.260 e. The third-order valence-electron chi connectivity index (χ3n) is 4.24. The topological polar surface area (TPSA) is 83.3 Å². The van der Waals surface area contributed by atoms with Crippen LogP contribution in [0, 0.1) is 5.82 Å². The lowest BCUT2D eigenvalue weighted by atomic mass is 9.78. The van der Waals surface area contributed by atoms with E-state index in [1.807, 2.05) is 0 Å². The monoisotopic (exact) mass is 358 g/mol. The SMILES string of the molecule is O=c1[nH]c2ncnn2c(O)c1C1C=CC=CC1(Cl)c1cccc(F)c1. The van der Waals surface area contributed by atoms with Gasteiger partial charge in [-0.05, 0) is 17.7 Å². The van der Waals surface area contributed by atoms with E-state index in [9.17, 15) is 14.3 Å². The van der Waals surface area contributed by atoms with Gasteiger partial charge in [-0.2, -0.15) is 14.6 Å². The van der Waals surface area contributed by atoms with Crippen LogP contribution in [0.3, 0.4) is 0 Å². The quantitative estimate of drug-likeness (QED) is 0.690. The largest absolute Gasteiger partial charge is 0.493 e. The Balaban J connectivity index is 1.96. The number of nitrogens with one attached hydrogen (secondary N) is 1. The molecule has 2 atom stereocenters. The van der Waals surface area contributed by atoms with Crippen LogP contribution >= 0.6 is 11.6 Å². The van der Waals surface area contributed by atoms with Crippen LogP contribution in [0.5, 0.6) is 5.88 Å². The highest BCUT2D eigenvalue weighted by atomic mass is 35.5. The number of benzene rings is 1. The summed E-state index contributed by atoms with van der Waals surface area (Å²) in [5, 5.41) is 14.4. The third-order valence-corrected chi connectivity index (χ3v) is 4.82. The van der Waals surface area contributed by atoms with Gasteiger partial charge < -0.3 is 5.11 Å². The number of aromatic nitrogens is 4. The number of aromatic hydroxyl groups is 1. The first-order chi connectivity index (χ1) is 12.0. The number of alkyl halides is 1. The molecule has 6 nitrogen and oxygen atoms in total. The number of fused-ring (bicyclic) bond motifs is 1. The maximum atomic E-state index is 13.7. The minimum Gasteiger partial charge on any atom is -0.493 e. The van der Waals surface area contributed by atoms with Crippen LogP contribution in [0.1, 0.15) is 17.0 Å². The van der Waals surface area contributed by atoms with Crippen molar-refractivity contribution in [1.29, 1.82) is 0 Å². The van der Waals surface area contributed by atoms with Crippen molar-refractivity contribution in [3.63, 3.8) is 0 Å². The molecule has 0 saturated carbocycles. The van der Waals surface area contributed by atoms with E-state index >= 15 is 0 Å². The van der Waals surface area contributed by atoms with Crippen LogP contribution in [0.25, 0.3) is 5.78 Å². The number of H-pyrrole nitrogens is 1. The van der Waals surface area contributed by atoms with E-state index in [0.717, 1.165) is 4.52 Å². The van der Waals surface area contributed by atoms with Gasteiger partial charge in [-0.1, -0.05) is 36.4 Å². The van der Waals surface area contributed by atoms with Gasteiger partial charge in [0.25, 0.3) is 5.56 Å². The number of rotatable bonds is 2. The fourth-order valence-electron chi connectivity index (χ4n) is 3.07. The molecule has 25 heavy (non-hydrogen) atoms. The second-order valence-corrected chi connectivity index (χ2v) is 6.31. The van der Waals surface area contributed by atoms with Crippen LogP contribution in [0.15, 0.2) is 59.7 Å². The highest BCUT2D eigenvalue weighted by Gasteiger charge is 2.41. The van der Waals surface area contributed by atoms with Crippen molar-refractivity contribution < 1.29 is 9.50 Å². The van der Waals surface area contributed by atoms with Crippen molar-refractivity contribution in [2.75, 3.05) is 0 Å². The van der Waals surface area contributed by atoms with Gasteiger partial charge in [0.15, 0.2) is 0 Å². The number of hydrogen-bond donors (Lipinski definition) is 2. The summed E-state index contributed by atoms with van der Waals surface area (Å²) in [7, 11) is 0. The van der Waals surface area contributed by atoms with Gasteiger partial charge in [-0.3, -0.25) is 9.78 Å². The molecule has 0 radical (unpaired) electrons. The average molecular weight is 359 g/mol. The molecule has 1 aromatic carbocycles. The molecule has 0 saturated heterocycles. The first-order valence-electron chi connectivity index (χ1n) is 7.46. The number of nitrogens with zero attached hydrogens (tertiary/aromatic N) is 3. The summed E-state index contributed by atoms with van der Waals surface area (Å²) < 4.78 is 14.8. The molecule has 2 N–H and O–H groups in total. The molecular formula is C17H12ClFN4O2. The molecule has 1 aliphatic carbocycles. The third kappa shape index (κ3) is 2.35. The van der Waals surface area contributed by atoms with Gasteiger partial charge in [-0.15, -0.1) is 11.6 Å². The molecule has 0 spiro atoms. The predicted octanol–water partition coefficient (Wildman–Crippen LogP) is 2.61. The maximum absolute atomic E-state index is 13.7. The number of aromatic amines is 1. The molecule has 2 aromatic heterocycles. The Morgan fingerprint density at radius 2 is 2.20 bits per heavy atom. The zero-order valence-corrected chi connectivity index (χ0v) is 13.5. The fraction of sp³-hybridized carbons (Fsp3) is 0.118. The highest BCUT2D eigenvalue weighted by Crippen LogP contribution is 2.47. The van der Waals surface area contributed by atoms with Gasteiger partial charge in [0.2, 0.25) is 11.7 Å². The van der Waals surface area contributed by atoms with E-state index in [0.29, 0.717) is 5.56 Å². The van der Waals surface area contributed by atoms with E-state index < -0.39 is 22.2 Å². The molecule has 4 rings (SSSR count). The Morgan fingerprint density at radius 1 is 1.36 bits per heavy atom. The molecule has 0 bridgehead atoms. The van der Waals surface area contributed by atoms with Crippen molar-refractivity contribution in [2.45, 2.75) is 10.8 Å². The van der Waals surface area contributed by atoms with E-state index in [4.69, 9.17) is 11.6 Å². The summed E-state index contributed by atoms with van der Waals surface area (Å²) in [5.74, 6) is -1.42. The minimum absolute atomic E-state index is 0.0258. The zero-order chi connectivity index (χ0) is 17.6. The molecular weight excluding hydrogens is 347 g/mol. The van der Waals surface area contributed by atoms with E-state index in [-0.39, 0.29) is 17.2 Å². The summed E-state index contributed by atoms with van der Waals surface area (Å²) in [5.41, 5.74) is -0.0421. The van der Waals surface area contributed by atoms with E-state index in [1.54, 1.807) is 36.4 Å². The molecule has 3 aromatic rings. The van der Waals surface area contributed by atoms with Crippen LogP contribution in [0.2, 0.25) is 0 Å². The lowest BCUT2D eigenvalue weighted by molar-refractivity contribution is 0.418. The summed E-state index contributed by atoms with van der Waals surface area (Å²) >= 11 is 6.83. The highest BCUT2D eigenvalue weighted by molar-refractivity contribution is 6.26. The van der Waals surface area contributed by atoms with Gasteiger partial charge in [0.05, 0.1) is 10.4 Å². The Bertz CT molecular complexity index is 1090. The summed E-state index contributed by atoms with van der Waals surface area (Å²) in [6.07, 6.45) is 8.00. The summed E-state index contributed by atoms with van der Waals surface area (Å²) in [6.45, 7) is 0. The first-order valence-corrected chi connectivity index (χ1v) is 7.84. The van der Waals surface area contributed by atoms with Crippen LogP contribution < -0.4 is 5.56 Å². The standard InChI is InChI=1S/C17H12ClFN4O2/c18-17(10-4-3-5-11(19)8-10)7-2-1-6-12(17)13-14(24)22-16-20-9-21-23(16)15(13)25/h1-9,12,25H,(H,20,21,22,24). The molecule has 1 aliphatic rings. The number of halogens is 2. The molecule has 0 fully saturated rings. The molecule has 0 amide bonds. The molecule has 126 valence electrons. The Labute approximate surface area is 145 Å². The van der Waals surface area contributed by atoms with Crippen molar-refractivity contribution in [1.82, 2.24) is 19.6 Å². The number of allylic oxidation sites excluding steroid dienone is 4.